The molecule has 0 aromatic carbocycles. The lowest BCUT2D eigenvalue weighted by Crippen LogP contribution is -2.13. The Bertz CT molecular complexity index is 264. The Kier molecular flexibility index (Phi) is 6.35. The summed E-state index contributed by atoms with van der Waals surface area (Å²) in [6.45, 7) is 10.5. The van der Waals surface area contributed by atoms with E-state index < -0.39 is 0 Å². The summed E-state index contributed by atoms with van der Waals surface area (Å²) in [5.41, 5.74) is 0. The lowest BCUT2D eigenvalue weighted by atomic mass is 9.91. The SMILES string of the molecule is C/C=C\C=C(\OCCC1CO1)C(C)C(C)CC. The van der Waals surface area contributed by atoms with Crippen molar-refractivity contribution in [1.82, 2.24) is 0 Å². The monoisotopic (exact) mass is 238 g/mol. The molecule has 0 radical (unpaired) electrons. The van der Waals surface area contributed by atoms with Crippen molar-refractivity contribution in [3.8, 4) is 0 Å². The van der Waals surface area contributed by atoms with Crippen LogP contribution < -0.4 is 0 Å². The van der Waals surface area contributed by atoms with Crippen LogP contribution in [0.1, 0.15) is 40.5 Å². The fraction of sp³-hybridized carbons (Fsp3) is 0.733. The van der Waals surface area contributed by atoms with E-state index in [1.54, 1.807) is 0 Å². The molecule has 0 aliphatic carbocycles. The molecule has 1 rings (SSSR count). The third-order valence-corrected chi connectivity index (χ3v) is 3.51. The van der Waals surface area contributed by atoms with Gasteiger partial charge in [0.25, 0.3) is 0 Å². The van der Waals surface area contributed by atoms with Crippen LogP contribution in [0.4, 0.5) is 0 Å². The lowest BCUT2D eigenvalue weighted by molar-refractivity contribution is 0.152. The van der Waals surface area contributed by atoms with Crippen molar-refractivity contribution >= 4 is 0 Å². The number of allylic oxidation sites excluding steroid dienone is 4. The first-order valence-corrected chi connectivity index (χ1v) is 6.76. The summed E-state index contributed by atoms with van der Waals surface area (Å²) in [4.78, 5) is 0. The van der Waals surface area contributed by atoms with Crippen LogP contribution in [0.3, 0.4) is 0 Å². The number of hydrogen-bond donors (Lipinski definition) is 0. The van der Waals surface area contributed by atoms with Crippen LogP contribution >= 0.6 is 0 Å². The van der Waals surface area contributed by atoms with Crippen molar-refractivity contribution in [2.24, 2.45) is 11.8 Å². The van der Waals surface area contributed by atoms with Crippen LogP contribution in [0.5, 0.6) is 0 Å². The second-order valence-electron chi connectivity index (χ2n) is 4.86. The molecular weight excluding hydrogens is 212 g/mol. The van der Waals surface area contributed by atoms with Gasteiger partial charge in [0.05, 0.1) is 25.1 Å². The molecule has 1 aliphatic heterocycles. The summed E-state index contributed by atoms with van der Waals surface area (Å²) in [7, 11) is 0. The van der Waals surface area contributed by atoms with Crippen molar-refractivity contribution in [2.45, 2.75) is 46.6 Å². The largest absolute Gasteiger partial charge is 0.498 e. The zero-order valence-corrected chi connectivity index (χ0v) is 11.6. The summed E-state index contributed by atoms with van der Waals surface area (Å²) in [5, 5.41) is 0. The van der Waals surface area contributed by atoms with Gasteiger partial charge in [-0.1, -0.05) is 39.3 Å². The Morgan fingerprint density at radius 3 is 2.71 bits per heavy atom. The Hall–Kier alpha value is -0.760. The molecule has 17 heavy (non-hydrogen) atoms. The van der Waals surface area contributed by atoms with Gasteiger partial charge in [0, 0.05) is 12.3 Å². The molecule has 0 bridgehead atoms. The van der Waals surface area contributed by atoms with Crippen molar-refractivity contribution in [1.29, 1.82) is 0 Å². The van der Waals surface area contributed by atoms with Gasteiger partial charge < -0.3 is 9.47 Å². The fourth-order valence-corrected chi connectivity index (χ4v) is 1.70. The normalized spacial score (nSPS) is 23.8. The second kappa shape index (κ2) is 7.54. The highest BCUT2D eigenvalue weighted by Gasteiger charge is 2.23. The third-order valence-electron chi connectivity index (χ3n) is 3.51. The molecule has 0 aromatic rings. The van der Waals surface area contributed by atoms with E-state index in [4.69, 9.17) is 9.47 Å². The maximum Gasteiger partial charge on any atom is 0.0990 e. The summed E-state index contributed by atoms with van der Waals surface area (Å²) in [6, 6.07) is 0. The van der Waals surface area contributed by atoms with E-state index in [1.165, 1.54) is 6.42 Å². The molecule has 98 valence electrons. The minimum atomic E-state index is 0.455. The van der Waals surface area contributed by atoms with Crippen molar-refractivity contribution < 1.29 is 9.47 Å². The van der Waals surface area contributed by atoms with E-state index in [2.05, 4.69) is 32.9 Å². The molecule has 1 fully saturated rings. The fourth-order valence-electron chi connectivity index (χ4n) is 1.70. The Balaban J connectivity index is 2.45. The van der Waals surface area contributed by atoms with E-state index >= 15 is 0 Å². The van der Waals surface area contributed by atoms with Crippen LogP contribution in [0.2, 0.25) is 0 Å². The van der Waals surface area contributed by atoms with E-state index in [9.17, 15) is 0 Å². The van der Waals surface area contributed by atoms with Crippen molar-refractivity contribution in [3.63, 3.8) is 0 Å². The first kappa shape index (κ1) is 14.3. The number of rotatable bonds is 8. The van der Waals surface area contributed by atoms with E-state index in [1.807, 2.05) is 13.0 Å². The van der Waals surface area contributed by atoms with E-state index in [-0.39, 0.29) is 0 Å². The summed E-state index contributed by atoms with van der Waals surface area (Å²) < 4.78 is 11.1. The molecule has 0 spiro atoms. The van der Waals surface area contributed by atoms with Gasteiger partial charge in [-0.3, -0.25) is 0 Å². The molecule has 1 aliphatic rings. The molecule has 0 saturated carbocycles. The van der Waals surface area contributed by atoms with Crippen LogP contribution in [0.25, 0.3) is 0 Å². The van der Waals surface area contributed by atoms with Gasteiger partial charge in [-0.05, 0) is 18.9 Å². The van der Waals surface area contributed by atoms with Crippen molar-refractivity contribution in [3.05, 3.63) is 24.0 Å². The maximum atomic E-state index is 5.91. The first-order chi connectivity index (χ1) is 8.19. The Labute approximate surface area is 106 Å². The smallest absolute Gasteiger partial charge is 0.0990 e. The molecule has 0 amide bonds. The predicted molar refractivity (Wildman–Crippen MR) is 71.8 cm³/mol. The van der Waals surface area contributed by atoms with Gasteiger partial charge in [0.2, 0.25) is 0 Å². The standard InChI is InChI=1S/C15H26O2/c1-5-7-8-15(13(4)12(3)6-2)16-10-9-14-11-17-14/h5,7-8,12-14H,6,9-11H2,1-4H3/b7-5-,15-8+. The molecule has 1 heterocycles. The minimum absolute atomic E-state index is 0.455. The van der Waals surface area contributed by atoms with Crippen LogP contribution in [0, 0.1) is 11.8 Å². The van der Waals surface area contributed by atoms with E-state index in [0.29, 0.717) is 17.9 Å². The number of hydrogen-bond acceptors (Lipinski definition) is 2. The van der Waals surface area contributed by atoms with Gasteiger partial charge in [0.15, 0.2) is 0 Å². The minimum Gasteiger partial charge on any atom is -0.498 e. The van der Waals surface area contributed by atoms with Gasteiger partial charge in [-0.15, -0.1) is 0 Å². The molecule has 0 N–H and O–H groups in total. The molecule has 3 unspecified atom stereocenters. The van der Waals surface area contributed by atoms with Gasteiger partial charge in [-0.25, -0.2) is 0 Å². The van der Waals surface area contributed by atoms with E-state index in [0.717, 1.165) is 25.4 Å². The highest BCUT2D eigenvalue weighted by Crippen LogP contribution is 2.24. The first-order valence-electron chi connectivity index (χ1n) is 6.76. The lowest BCUT2D eigenvalue weighted by Gasteiger charge is -2.22. The second-order valence-corrected chi connectivity index (χ2v) is 4.86. The summed E-state index contributed by atoms with van der Waals surface area (Å²) in [6.07, 6.45) is 8.85. The van der Waals surface area contributed by atoms with Crippen molar-refractivity contribution in [2.75, 3.05) is 13.2 Å². The number of ether oxygens (including phenoxy) is 2. The van der Waals surface area contributed by atoms with Gasteiger partial charge in [-0.2, -0.15) is 0 Å². The van der Waals surface area contributed by atoms with Crippen LogP contribution in [0.15, 0.2) is 24.0 Å². The molecule has 1 saturated heterocycles. The molecule has 3 atom stereocenters. The quantitative estimate of drug-likeness (QED) is 0.363. The topological polar surface area (TPSA) is 21.8 Å². The number of epoxide rings is 1. The zero-order chi connectivity index (χ0) is 12.7. The molecule has 0 aromatic heterocycles. The average Bonchev–Trinajstić information content (AvgIpc) is 3.15. The Morgan fingerprint density at radius 2 is 2.18 bits per heavy atom. The van der Waals surface area contributed by atoms with Gasteiger partial charge in [0.1, 0.15) is 0 Å². The predicted octanol–water partition coefficient (Wildman–Crippen LogP) is 3.93. The highest BCUT2D eigenvalue weighted by molar-refractivity contribution is 5.09. The third kappa shape index (κ3) is 5.40. The van der Waals surface area contributed by atoms with Crippen LogP contribution in [-0.2, 0) is 9.47 Å². The van der Waals surface area contributed by atoms with Crippen LogP contribution in [-0.4, -0.2) is 19.3 Å². The molecular formula is C15H26O2. The zero-order valence-electron chi connectivity index (χ0n) is 11.6. The highest BCUT2D eigenvalue weighted by atomic mass is 16.6. The Morgan fingerprint density at radius 1 is 1.47 bits per heavy atom. The summed E-state index contributed by atoms with van der Waals surface area (Å²) >= 11 is 0. The molecule has 2 nitrogen and oxygen atoms in total. The molecule has 2 heteroatoms. The maximum absolute atomic E-state index is 5.91. The average molecular weight is 238 g/mol. The summed E-state index contributed by atoms with van der Waals surface area (Å²) in [5.74, 6) is 2.25. The van der Waals surface area contributed by atoms with Gasteiger partial charge >= 0.3 is 0 Å².